The maximum absolute atomic E-state index is 6.15. The first-order valence-electron chi connectivity index (χ1n) is 9.37. The van der Waals surface area contributed by atoms with Crippen molar-refractivity contribution in [3.8, 4) is 17.2 Å². The lowest BCUT2D eigenvalue weighted by molar-refractivity contribution is 0.0535. The van der Waals surface area contributed by atoms with Gasteiger partial charge in [-0.2, -0.15) is 0 Å². The minimum atomic E-state index is 0.0289. The van der Waals surface area contributed by atoms with Crippen molar-refractivity contribution in [3.05, 3.63) is 52.5 Å². The van der Waals surface area contributed by atoms with Crippen LogP contribution in [0.1, 0.15) is 31.9 Å². The average Bonchev–Trinajstić information content (AvgIpc) is 3.05. The lowest BCUT2D eigenvalue weighted by atomic mass is 9.94. The summed E-state index contributed by atoms with van der Waals surface area (Å²) in [5.74, 6) is 3.42. The van der Waals surface area contributed by atoms with E-state index in [4.69, 9.17) is 25.8 Å². The number of benzene rings is 2. The van der Waals surface area contributed by atoms with Crippen LogP contribution in [0.15, 0.2) is 36.4 Å². The molecule has 0 aliphatic carbocycles. The zero-order chi connectivity index (χ0) is 18.3. The second kappa shape index (κ2) is 7.03. The van der Waals surface area contributed by atoms with E-state index in [1.807, 2.05) is 12.1 Å². The van der Waals surface area contributed by atoms with Crippen LogP contribution in [0.2, 0.25) is 5.02 Å². The van der Waals surface area contributed by atoms with Gasteiger partial charge in [0.05, 0.1) is 0 Å². The molecule has 0 fully saturated rings. The van der Waals surface area contributed by atoms with Crippen LogP contribution in [-0.2, 0) is 12.8 Å². The Kier molecular flexibility index (Phi) is 4.74. The first kappa shape index (κ1) is 17.5. The highest BCUT2D eigenvalue weighted by atomic mass is 35.5. The van der Waals surface area contributed by atoms with Gasteiger partial charge < -0.3 is 14.2 Å². The highest BCUT2D eigenvalue weighted by Crippen LogP contribution is 2.37. The Bertz CT molecular complexity index is 802. The number of rotatable bonds is 4. The van der Waals surface area contributed by atoms with Crippen molar-refractivity contribution in [2.75, 3.05) is 6.61 Å². The maximum atomic E-state index is 6.15. The average molecular weight is 373 g/mol. The van der Waals surface area contributed by atoms with Gasteiger partial charge in [-0.1, -0.05) is 44.5 Å². The third-order valence-corrected chi connectivity index (χ3v) is 5.59. The Balaban J connectivity index is 1.42. The summed E-state index contributed by atoms with van der Waals surface area (Å²) in [7, 11) is 0. The minimum absolute atomic E-state index is 0.0289. The summed E-state index contributed by atoms with van der Waals surface area (Å²) in [6.45, 7) is 7.18. The summed E-state index contributed by atoms with van der Waals surface area (Å²) in [5, 5.41) is 0.664. The summed E-state index contributed by atoms with van der Waals surface area (Å²) < 4.78 is 18.1. The maximum Gasteiger partial charge on any atom is 0.162 e. The Morgan fingerprint density at radius 1 is 0.962 bits per heavy atom. The Hall–Kier alpha value is -1.87. The summed E-state index contributed by atoms with van der Waals surface area (Å²) in [4.78, 5) is 0. The van der Waals surface area contributed by atoms with E-state index in [0.717, 1.165) is 30.1 Å². The molecule has 2 aromatic rings. The van der Waals surface area contributed by atoms with Gasteiger partial charge in [-0.3, -0.25) is 0 Å². The molecule has 2 aliphatic rings. The molecule has 0 amide bonds. The number of fused-ring (bicyclic) bond motifs is 2. The van der Waals surface area contributed by atoms with E-state index in [-0.39, 0.29) is 6.10 Å². The van der Waals surface area contributed by atoms with Gasteiger partial charge in [-0.05, 0) is 41.7 Å². The number of hydrogen-bond acceptors (Lipinski definition) is 3. The van der Waals surface area contributed by atoms with Gasteiger partial charge in [-0.15, -0.1) is 0 Å². The predicted molar refractivity (Wildman–Crippen MR) is 104 cm³/mol. The van der Waals surface area contributed by atoms with Crippen molar-refractivity contribution in [3.63, 3.8) is 0 Å². The molecule has 138 valence electrons. The van der Waals surface area contributed by atoms with Crippen molar-refractivity contribution in [2.45, 2.75) is 45.8 Å². The van der Waals surface area contributed by atoms with E-state index in [9.17, 15) is 0 Å². The van der Waals surface area contributed by atoms with Crippen LogP contribution in [-0.4, -0.2) is 18.8 Å². The highest BCUT2D eigenvalue weighted by molar-refractivity contribution is 6.30. The van der Waals surface area contributed by atoms with Crippen LogP contribution in [0.25, 0.3) is 0 Å². The molecule has 26 heavy (non-hydrogen) atoms. The van der Waals surface area contributed by atoms with Crippen LogP contribution in [0.5, 0.6) is 17.2 Å². The number of halogens is 1. The molecule has 3 atom stereocenters. The molecule has 4 heteroatoms. The molecule has 0 aromatic heterocycles. The third-order valence-electron chi connectivity index (χ3n) is 5.35. The molecule has 0 bridgehead atoms. The van der Waals surface area contributed by atoms with Crippen LogP contribution in [0, 0.1) is 11.8 Å². The summed E-state index contributed by atoms with van der Waals surface area (Å²) in [6.07, 6.45) is 2.28. The molecular formula is C22H25ClO3. The zero-order valence-electron chi connectivity index (χ0n) is 15.5. The fourth-order valence-electron chi connectivity index (χ4n) is 3.64. The van der Waals surface area contributed by atoms with E-state index in [1.165, 1.54) is 11.1 Å². The summed E-state index contributed by atoms with van der Waals surface area (Å²) in [6, 6.07) is 12.2. The third kappa shape index (κ3) is 3.50. The molecule has 0 spiro atoms. The van der Waals surface area contributed by atoms with Crippen LogP contribution in [0.3, 0.4) is 0 Å². The molecule has 0 N–H and O–H groups in total. The molecule has 2 heterocycles. The van der Waals surface area contributed by atoms with Crippen molar-refractivity contribution in [1.82, 2.24) is 0 Å². The van der Waals surface area contributed by atoms with Crippen LogP contribution < -0.4 is 14.2 Å². The first-order chi connectivity index (χ1) is 12.5. The number of ether oxygens (including phenoxy) is 3. The Morgan fingerprint density at radius 2 is 1.77 bits per heavy atom. The van der Waals surface area contributed by atoms with E-state index in [2.05, 4.69) is 39.0 Å². The summed E-state index contributed by atoms with van der Waals surface area (Å²) in [5.41, 5.74) is 2.61. The predicted octanol–water partition coefficient (Wildman–Crippen LogP) is 5.32. The van der Waals surface area contributed by atoms with E-state index in [0.29, 0.717) is 29.6 Å². The standard InChI is InChI=1S/C22H25ClO3/c1-13(2)19-10-16-5-4-15(9-20(16)26-19)8-14(3)22-12-24-21-11-17(23)6-7-18(21)25-22/h4-7,9,11,13-14,19,22H,8,10,12H2,1-3H3. The fourth-order valence-corrected chi connectivity index (χ4v) is 3.80. The second-order valence-corrected chi connectivity index (χ2v) is 8.22. The van der Waals surface area contributed by atoms with Crippen molar-refractivity contribution < 1.29 is 14.2 Å². The van der Waals surface area contributed by atoms with Crippen molar-refractivity contribution in [1.29, 1.82) is 0 Å². The van der Waals surface area contributed by atoms with E-state index < -0.39 is 0 Å². The fraction of sp³-hybridized carbons (Fsp3) is 0.455. The first-order valence-corrected chi connectivity index (χ1v) is 9.75. The van der Waals surface area contributed by atoms with Gasteiger partial charge >= 0.3 is 0 Å². The SMILES string of the molecule is CC(C)C1Cc2ccc(CC(C)C3COc4cc(Cl)ccc4O3)cc2O1. The van der Waals surface area contributed by atoms with Crippen molar-refractivity contribution >= 4 is 11.6 Å². The quantitative estimate of drug-likeness (QED) is 0.727. The molecule has 4 rings (SSSR count). The minimum Gasteiger partial charge on any atom is -0.490 e. The number of hydrogen-bond donors (Lipinski definition) is 0. The van der Waals surface area contributed by atoms with E-state index in [1.54, 1.807) is 6.07 Å². The smallest absolute Gasteiger partial charge is 0.162 e. The highest BCUT2D eigenvalue weighted by Gasteiger charge is 2.28. The Labute approximate surface area is 160 Å². The second-order valence-electron chi connectivity index (χ2n) is 7.79. The lowest BCUT2D eigenvalue weighted by Crippen LogP contribution is -2.35. The molecule has 0 radical (unpaired) electrons. The molecular weight excluding hydrogens is 348 g/mol. The monoisotopic (exact) mass is 372 g/mol. The van der Waals surface area contributed by atoms with Gasteiger partial charge in [0.25, 0.3) is 0 Å². The molecule has 0 saturated heterocycles. The summed E-state index contributed by atoms with van der Waals surface area (Å²) >= 11 is 6.01. The molecule has 2 aromatic carbocycles. The van der Waals surface area contributed by atoms with Crippen LogP contribution >= 0.6 is 11.6 Å². The zero-order valence-corrected chi connectivity index (χ0v) is 16.3. The molecule has 3 nitrogen and oxygen atoms in total. The lowest BCUT2D eigenvalue weighted by Gasteiger charge is -2.30. The van der Waals surface area contributed by atoms with Gasteiger partial charge in [-0.25, -0.2) is 0 Å². The van der Waals surface area contributed by atoms with Crippen molar-refractivity contribution in [2.24, 2.45) is 11.8 Å². The largest absolute Gasteiger partial charge is 0.490 e. The van der Waals surface area contributed by atoms with Gasteiger partial charge in [0.1, 0.15) is 24.6 Å². The normalized spacial score (nSPS) is 22.0. The van der Waals surface area contributed by atoms with E-state index >= 15 is 0 Å². The molecule has 2 aliphatic heterocycles. The Morgan fingerprint density at radius 3 is 2.58 bits per heavy atom. The molecule has 3 unspecified atom stereocenters. The van der Waals surface area contributed by atoms with Gasteiger partial charge in [0.2, 0.25) is 0 Å². The van der Waals surface area contributed by atoms with Gasteiger partial charge in [0.15, 0.2) is 11.5 Å². The topological polar surface area (TPSA) is 27.7 Å². The van der Waals surface area contributed by atoms with Crippen LogP contribution in [0.4, 0.5) is 0 Å². The van der Waals surface area contributed by atoms with Gasteiger partial charge in [0, 0.05) is 23.4 Å². The molecule has 0 saturated carbocycles.